The molecule has 0 radical (unpaired) electrons. The second kappa shape index (κ2) is 2.64. The third-order valence-corrected chi connectivity index (χ3v) is 2.00. The van der Waals surface area contributed by atoms with Crippen LogP contribution in [0.5, 0.6) is 0 Å². The van der Waals surface area contributed by atoms with Crippen molar-refractivity contribution >= 4 is 29.4 Å². The summed E-state index contributed by atoms with van der Waals surface area (Å²) in [6.45, 7) is 3.66. The van der Waals surface area contributed by atoms with Gasteiger partial charge in [0.25, 0.3) is 0 Å². The van der Waals surface area contributed by atoms with E-state index in [1.807, 2.05) is 0 Å². The van der Waals surface area contributed by atoms with Crippen molar-refractivity contribution in [3.8, 4) is 0 Å². The molecule has 0 saturated carbocycles. The summed E-state index contributed by atoms with van der Waals surface area (Å²) >= 11 is 11.4. The van der Waals surface area contributed by atoms with Crippen LogP contribution in [-0.2, 0) is 0 Å². The fraction of sp³-hybridized carbons (Fsp3) is 0.167. The minimum absolute atomic E-state index is 0.435. The fourth-order valence-electron chi connectivity index (χ4n) is 0.544. The second-order valence-corrected chi connectivity index (χ2v) is 2.66. The van der Waals surface area contributed by atoms with Crippen molar-refractivity contribution in [1.29, 1.82) is 0 Å². The van der Waals surface area contributed by atoms with Crippen LogP contribution in [0.1, 0.15) is 0 Å². The van der Waals surface area contributed by atoms with Crippen molar-refractivity contribution in [2.75, 3.05) is 7.05 Å². The zero-order valence-corrected chi connectivity index (χ0v) is 6.95. The molecule has 0 spiro atoms. The molecule has 4 heteroatoms. The van der Waals surface area contributed by atoms with Crippen LogP contribution in [-0.4, -0.2) is 18.3 Å². The Kier molecular flexibility index (Phi) is 2.02. The number of nitrogens with zero attached hydrogens (tertiary/aromatic N) is 2. The second-order valence-electron chi connectivity index (χ2n) is 1.88. The van der Waals surface area contributed by atoms with Gasteiger partial charge in [0, 0.05) is 7.05 Å². The number of hydrazone groups is 1. The Balaban J connectivity index is 3.00. The Morgan fingerprint density at radius 2 is 2.20 bits per heavy atom. The van der Waals surface area contributed by atoms with E-state index in [0.29, 0.717) is 15.8 Å². The van der Waals surface area contributed by atoms with Gasteiger partial charge in [-0.05, 0) is 0 Å². The van der Waals surface area contributed by atoms with Crippen molar-refractivity contribution in [3.63, 3.8) is 0 Å². The molecule has 0 aromatic rings. The fourth-order valence-corrected chi connectivity index (χ4v) is 0.867. The van der Waals surface area contributed by atoms with E-state index in [-0.39, 0.29) is 0 Å². The molecule has 54 valence electrons. The van der Waals surface area contributed by atoms with Gasteiger partial charge in [-0.15, -0.1) is 0 Å². The van der Waals surface area contributed by atoms with E-state index in [4.69, 9.17) is 23.2 Å². The lowest BCUT2D eigenvalue weighted by molar-refractivity contribution is 0.459. The molecule has 0 bridgehead atoms. The molecule has 0 aliphatic carbocycles. The van der Waals surface area contributed by atoms with Crippen LogP contribution in [0.25, 0.3) is 0 Å². The predicted molar refractivity (Wildman–Crippen MR) is 44.1 cm³/mol. The first-order valence-electron chi connectivity index (χ1n) is 2.65. The predicted octanol–water partition coefficient (Wildman–Crippen LogP) is 2.12. The van der Waals surface area contributed by atoms with Gasteiger partial charge in [-0.3, -0.25) is 5.01 Å². The first-order valence-corrected chi connectivity index (χ1v) is 3.41. The van der Waals surface area contributed by atoms with Gasteiger partial charge < -0.3 is 0 Å². The number of rotatable bonds is 0. The molecule has 1 rings (SSSR count). The maximum Gasteiger partial charge on any atom is 0.0855 e. The molecule has 0 amide bonds. The van der Waals surface area contributed by atoms with Gasteiger partial charge in [0.2, 0.25) is 0 Å². The van der Waals surface area contributed by atoms with Crippen LogP contribution < -0.4 is 0 Å². The highest BCUT2D eigenvalue weighted by atomic mass is 35.5. The van der Waals surface area contributed by atoms with Crippen LogP contribution in [0.3, 0.4) is 0 Å². The highest BCUT2D eigenvalue weighted by Gasteiger charge is 2.12. The summed E-state index contributed by atoms with van der Waals surface area (Å²) in [6.07, 6.45) is 1.48. The van der Waals surface area contributed by atoms with Crippen molar-refractivity contribution in [2.45, 2.75) is 0 Å². The van der Waals surface area contributed by atoms with Crippen LogP contribution in [0, 0.1) is 0 Å². The zero-order chi connectivity index (χ0) is 7.72. The molecule has 0 N–H and O–H groups in total. The van der Waals surface area contributed by atoms with E-state index in [0.717, 1.165) is 0 Å². The van der Waals surface area contributed by atoms with E-state index >= 15 is 0 Å². The summed E-state index contributed by atoms with van der Waals surface area (Å²) in [5, 5.41) is 6.33. The van der Waals surface area contributed by atoms with Crippen LogP contribution in [0.15, 0.2) is 27.4 Å². The quantitative estimate of drug-likeness (QED) is 0.553. The number of hydrogen-bond acceptors (Lipinski definition) is 2. The van der Waals surface area contributed by atoms with Gasteiger partial charge in [-0.2, -0.15) is 5.10 Å². The Bertz CT molecular complexity index is 230. The van der Waals surface area contributed by atoms with Crippen molar-refractivity contribution in [2.24, 2.45) is 5.10 Å². The largest absolute Gasteiger partial charge is 0.268 e. The highest BCUT2D eigenvalue weighted by molar-refractivity contribution is 6.47. The maximum atomic E-state index is 5.73. The topological polar surface area (TPSA) is 15.6 Å². The summed E-state index contributed by atoms with van der Waals surface area (Å²) in [5.74, 6) is 0. The van der Waals surface area contributed by atoms with Crippen molar-refractivity contribution in [3.05, 3.63) is 22.3 Å². The summed E-state index contributed by atoms with van der Waals surface area (Å²) < 4.78 is 0. The molecule has 1 aliphatic rings. The van der Waals surface area contributed by atoms with Crippen molar-refractivity contribution < 1.29 is 0 Å². The molecular weight excluding hydrogens is 171 g/mol. The standard InChI is InChI=1S/C6H6Cl2N2/c1-4-6(8)5(7)3-9-10(4)2/h3H,1H2,2H3. The Hall–Kier alpha value is -0.470. The van der Waals surface area contributed by atoms with E-state index in [1.165, 1.54) is 6.21 Å². The first kappa shape index (κ1) is 7.63. The molecule has 1 heterocycles. The van der Waals surface area contributed by atoms with E-state index in [1.54, 1.807) is 12.1 Å². The van der Waals surface area contributed by atoms with Crippen LogP contribution in [0.2, 0.25) is 0 Å². The molecule has 0 atom stereocenters. The Labute approximate surface area is 69.4 Å². The van der Waals surface area contributed by atoms with Gasteiger partial charge in [-0.1, -0.05) is 29.8 Å². The highest BCUT2D eigenvalue weighted by Crippen LogP contribution is 2.25. The lowest BCUT2D eigenvalue weighted by Gasteiger charge is -2.18. The number of halogens is 2. The summed E-state index contributed by atoms with van der Waals surface area (Å²) in [7, 11) is 1.75. The van der Waals surface area contributed by atoms with E-state index in [9.17, 15) is 0 Å². The van der Waals surface area contributed by atoms with Gasteiger partial charge in [0.15, 0.2) is 0 Å². The minimum atomic E-state index is 0.435. The Morgan fingerprint density at radius 3 is 2.70 bits per heavy atom. The Morgan fingerprint density at radius 1 is 1.60 bits per heavy atom. The molecular formula is C6H6Cl2N2. The zero-order valence-electron chi connectivity index (χ0n) is 5.43. The lowest BCUT2D eigenvalue weighted by Crippen LogP contribution is -2.14. The summed E-state index contributed by atoms with van der Waals surface area (Å²) in [4.78, 5) is 0. The van der Waals surface area contributed by atoms with Gasteiger partial charge >= 0.3 is 0 Å². The molecule has 0 fully saturated rings. The van der Waals surface area contributed by atoms with Gasteiger partial charge in [-0.25, -0.2) is 0 Å². The number of hydrogen-bond donors (Lipinski definition) is 0. The van der Waals surface area contributed by atoms with Crippen molar-refractivity contribution in [1.82, 2.24) is 5.01 Å². The maximum absolute atomic E-state index is 5.73. The van der Waals surface area contributed by atoms with Gasteiger partial charge in [0.1, 0.15) is 0 Å². The van der Waals surface area contributed by atoms with Crippen LogP contribution in [0.4, 0.5) is 0 Å². The first-order chi connectivity index (χ1) is 4.63. The normalized spacial score (nSPS) is 18.7. The summed E-state index contributed by atoms with van der Waals surface area (Å²) in [5.41, 5.74) is 0.620. The average Bonchev–Trinajstić information content (AvgIpc) is 1.93. The SMILES string of the molecule is C=C1C(Cl)=C(Cl)C=NN1C. The molecule has 0 saturated heterocycles. The monoisotopic (exact) mass is 176 g/mol. The van der Waals surface area contributed by atoms with E-state index < -0.39 is 0 Å². The average molecular weight is 177 g/mol. The minimum Gasteiger partial charge on any atom is -0.268 e. The molecule has 0 unspecified atom stereocenters. The molecule has 10 heavy (non-hydrogen) atoms. The summed E-state index contributed by atoms with van der Waals surface area (Å²) in [6, 6.07) is 0. The molecule has 0 aromatic carbocycles. The van der Waals surface area contributed by atoms with Crippen LogP contribution >= 0.6 is 23.2 Å². The third kappa shape index (κ3) is 1.18. The number of likely N-dealkylation sites (N-methyl/N-ethyl adjacent to an activating group) is 1. The van der Waals surface area contributed by atoms with E-state index in [2.05, 4.69) is 11.7 Å². The lowest BCUT2D eigenvalue weighted by atomic mass is 10.4. The third-order valence-electron chi connectivity index (χ3n) is 1.20. The molecule has 2 nitrogen and oxygen atoms in total. The smallest absolute Gasteiger partial charge is 0.0855 e. The van der Waals surface area contributed by atoms with Gasteiger partial charge in [0.05, 0.1) is 22.0 Å². The molecule has 1 aliphatic heterocycles. The molecule has 0 aromatic heterocycles. The number of allylic oxidation sites excluding steroid dienone is 2.